The van der Waals surface area contributed by atoms with Gasteiger partial charge < -0.3 is 5.11 Å². The molecule has 0 saturated heterocycles. The molecule has 1 aliphatic carbocycles. The third-order valence-electron chi connectivity index (χ3n) is 2.47. The standard InChI is InChI=1S/C8H12BrFO2/c9-5-8(10)3-1-6(2-4-8)7(11)12/h6H,1-5H2,(H,11,12). The van der Waals surface area contributed by atoms with Gasteiger partial charge in [-0.15, -0.1) is 0 Å². The van der Waals surface area contributed by atoms with E-state index < -0.39 is 11.6 Å². The first-order chi connectivity index (χ1) is 5.57. The lowest BCUT2D eigenvalue weighted by Gasteiger charge is -2.30. The molecular formula is C8H12BrFO2. The average molecular weight is 239 g/mol. The predicted octanol–water partition coefficient (Wildman–Crippen LogP) is 2.36. The molecule has 0 amide bonds. The Morgan fingerprint density at radius 2 is 2.08 bits per heavy atom. The van der Waals surface area contributed by atoms with Crippen LogP contribution in [0.5, 0.6) is 0 Å². The van der Waals surface area contributed by atoms with Crippen molar-refractivity contribution >= 4 is 21.9 Å². The fourth-order valence-electron chi connectivity index (χ4n) is 1.52. The topological polar surface area (TPSA) is 37.3 Å². The van der Waals surface area contributed by atoms with Crippen molar-refractivity contribution in [3.05, 3.63) is 0 Å². The lowest BCUT2D eigenvalue weighted by atomic mass is 9.81. The minimum absolute atomic E-state index is 0.326. The number of hydrogen-bond donors (Lipinski definition) is 1. The van der Waals surface area contributed by atoms with Gasteiger partial charge in [-0.05, 0) is 25.7 Å². The van der Waals surface area contributed by atoms with E-state index in [0.29, 0.717) is 31.0 Å². The van der Waals surface area contributed by atoms with Crippen molar-refractivity contribution in [3.8, 4) is 0 Å². The molecule has 2 nitrogen and oxygen atoms in total. The highest BCUT2D eigenvalue weighted by Gasteiger charge is 2.36. The second-order valence-electron chi connectivity index (χ2n) is 3.40. The molecule has 1 fully saturated rings. The van der Waals surface area contributed by atoms with Gasteiger partial charge in [0, 0.05) is 5.33 Å². The van der Waals surface area contributed by atoms with Crippen LogP contribution in [0.3, 0.4) is 0 Å². The van der Waals surface area contributed by atoms with Gasteiger partial charge in [-0.3, -0.25) is 4.79 Å². The lowest BCUT2D eigenvalue weighted by molar-refractivity contribution is -0.143. The van der Waals surface area contributed by atoms with Crippen LogP contribution in [0.15, 0.2) is 0 Å². The Labute approximate surface area is 79.3 Å². The van der Waals surface area contributed by atoms with Crippen molar-refractivity contribution in [1.29, 1.82) is 0 Å². The molecule has 70 valence electrons. The van der Waals surface area contributed by atoms with Gasteiger partial charge in [0.25, 0.3) is 0 Å². The Balaban J connectivity index is 2.44. The summed E-state index contributed by atoms with van der Waals surface area (Å²) in [5.74, 6) is -1.11. The fourth-order valence-corrected chi connectivity index (χ4v) is 2.08. The summed E-state index contributed by atoms with van der Waals surface area (Å²) in [4.78, 5) is 10.5. The molecule has 12 heavy (non-hydrogen) atoms. The Morgan fingerprint density at radius 1 is 1.58 bits per heavy atom. The maximum absolute atomic E-state index is 13.5. The summed E-state index contributed by atoms with van der Waals surface area (Å²) in [6.07, 6.45) is 1.68. The number of hydrogen-bond acceptors (Lipinski definition) is 1. The SMILES string of the molecule is O=C(O)C1CCC(F)(CBr)CC1. The van der Waals surface area contributed by atoms with Gasteiger partial charge in [0.15, 0.2) is 0 Å². The van der Waals surface area contributed by atoms with Crippen molar-refractivity contribution in [2.24, 2.45) is 5.92 Å². The predicted molar refractivity (Wildman–Crippen MR) is 47.2 cm³/mol. The number of carbonyl (C=O) groups is 1. The highest BCUT2D eigenvalue weighted by atomic mass is 79.9. The van der Waals surface area contributed by atoms with Crippen LogP contribution >= 0.6 is 15.9 Å². The Hall–Kier alpha value is -0.120. The molecule has 0 aromatic heterocycles. The zero-order valence-corrected chi connectivity index (χ0v) is 8.31. The van der Waals surface area contributed by atoms with E-state index in [4.69, 9.17) is 5.11 Å². The van der Waals surface area contributed by atoms with Gasteiger partial charge >= 0.3 is 5.97 Å². The lowest BCUT2D eigenvalue weighted by Crippen LogP contribution is -2.33. The van der Waals surface area contributed by atoms with Gasteiger partial charge in [0.05, 0.1) is 5.92 Å². The Morgan fingerprint density at radius 3 is 2.42 bits per heavy atom. The molecule has 0 atom stereocenters. The third kappa shape index (κ3) is 2.19. The van der Waals surface area contributed by atoms with E-state index in [0.717, 1.165) is 0 Å². The van der Waals surface area contributed by atoms with Crippen LogP contribution in [0.2, 0.25) is 0 Å². The van der Waals surface area contributed by atoms with Crippen LogP contribution in [0.25, 0.3) is 0 Å². The first kappa shape index (κ1) is 9.96. The molecular weight excluding hydrogens is 227 g/mol. The summed E-state index contributed by atoms with van der Waals surface area (Å²) in [5, 5.41) is 8.97. The summed E-state index contributed by atoms with van der Waals surface area (Å²) in [6.45, 7) is 0. The fraction of sp³-hybridized carbons (Fsp3) is 0.875. The van der Waals surface area contributed by atoms with E-state index in [9.17, 15) is 9.18 Å². The first-order valence-corrected chi connectivity index (χ1v) is 5.17. The Bertz CT molecular complexity index is 176. The molecule has 1 rings (SSSR count). The summed E-state index contributed by atoms with van der Waals surface area (Å²) in [7, 11) is 0. The van der Waals surface area contributed by atoms with Crippen molar-refractivity contribution in [2.75, 3.05) is 5.33 Å². The quantitative estimate of drug-likeness (QED) is 0.751. The molecule has 1 aliphatic rings. The van der Waals surface area contributed by atoms with E-state index >= 15 is 0 Å². The maximum Gasteiger partial charge on any atom is 0.306 e. The van der Waals surface area contributed by atoms with Crippen LogP contribution in [0.1, 0.15) is 25.7 Å². The molecule has 0 spiro atoms. The van der Waals surface area contributed by atoms with E-state index in [1.807, 2.05) is 0 Å². The van der Waals surface area contributed by atoms with E-state index in [1.54, 1.807) is 0 Å². The molecule has 0 radical (unpaired) electrons. The molecule has 1 saturated carbocycles. The number of alkyl halides is 2. The Kier molecular flexibility index (Phi) is 3.09. The van der Waals surface area contributed by atoms with E-state index in [2.05, 4.69) is 15.9 Å². The van der Waals surface area contributed by atoms with Crippen LogP contribution in [0.4, 0.5) is 4.39 Å². The number of rotatable bonds is 2. The highest BCUT2D eigenvalue weighted by Crippen LogP contribution is 2.36. The molecule has 0 heterocycles. The molecule has 0 aromatic rings. The number of carboxylic acids is 1. The summed E-state index contributed by atoms with van der Waals surface area (Å²) >= 11 is 3.10. The number of aliphatic carboxylic acids is 1. The molecule has 1 N–H and O–H groups in total. The van der Waals surface area contributed by atoms with E-state index in [-0.39, 0.29) is 5.92 Å². The minimum atomic E-state index is -1.16. The van der Waals surface area contributed by atoms with Crippen LogP contribution in [-0.2, 0) is 4.79 Å². The van der Waals surface area contributed by atoms with E-state index in [1.165, 1.54) is 0 Å². The molecule has 0 aromatic carbocycles. The van der Waals surface area contributed by atoms with Crippen molar-refractivity contribution in [3.63, 3.8) is 0 Å². The normalized spacial score (nSPS) is 36.3. The summed E-state index contributed by atoms with van der Waals surface area (Å²) < 4.78 is 13.5. The zero-order chi connectivity index (χ0) is 9.19. The summed E-state index contributed by atoms with van der Waals surface area (Å²) in [6, 6.07) is 0. The van der Waals surface area contributed by atoms with Gasteiger partial charge in [-0.1, -0.05) is 15.9 Å². The second-order valence-corrected chi connectivity index (χ2v) is 3.96. The molecule has 4 heteroatoms. The average Bonchev–Trinajstić information content (AvgIpc) is 2.05. The van der Waals surface area contributed by atoms with Gasteiger partial charge in [0.1, 0.15) is 5.67 Å². The third-order valence-corrected chi connectivity index (χ3v) is 3.48. The van der Waals surface area contributed by atoms with Gasteiger partial charge in [0.2, 0.25) is 0 Å². The van der Waals surface area contributed by atoms with Crippen molar-refractivity contribution < 1.29 is 14.3 Å². The summed E-state index contributed by atoms with van der Waals surface area (Å²) in [5.41, 5.74) is -1.16. The monoisotopic (exact) mass is 238 g/mol. The second kappa shape index (κ2) is 3.73. The van der Waals surface area contributed by atoms with Crippen LogP contribution < -0.4 is 0 Å². The zero-order valence-electron chi connectivity index (χ0n) is 6.72. The maximum atomic E-state index is 13.5. The minimum Gasteiger partial charge on any atom is -0.481 e. The van der Waals surface area contributed by atoms with Gasteiger partial charge in [-0.25, -0.2) is 4.39 Å². The van der Waals surface area contributed by atoms with Crippen molar-refractivity contribution in [2.45, 2.75) is 31.4 Å². The first-order valence-electron chi connectivity index (χ1n) is 4.05. The smallest absolute Gasteiger partial charge is 0.306 e. The van der Waals surface area contributed by atoms with Gasteiger partial charge in [-0.2, -0.15) is 0 Å². The van der Waals surface area contributed by atoms with Crippen LogP contribution in [0, 0.1) is 5.92 Å². The molecule has 0 unspecified atom stereocenters. The van der Waals surface area contributed by atoms with Crippen molar-refractivity contribution in [1.82, 2.24) is 0 Å². The number of halogens is 2. The number of carboxylic acid groups (broad SMARTS) is 1. The molecule has 0 bridgehead atoms. The highest BCUT2D eigenvalue weighted by molar-refractivity contribution is 9.09. The largest absolute Gasteiger partial charge is 0.481 e. The van der Waals surface area contributed by atoms with Crippen LogP contribution in [-0.4, -0.2) is 22.1 Å². The molecule has 0 aliphatic heterocycles.